The highest BCUT2D eigenvalue weighted by molar-refractivity contribution is 7.98. The van der Waals surface area contributed by atoms with Crippen molar-refractivity contribution in [3.63, 3.8) is 0 Å². The maximum Gasteiger partial charge on any atom is 0.151 e. The van der Waals surface area contributed by atoms with E-state index in [1.807, 2.05) is 18.3 Å². The minimum absolute atomic E-state index is 0.0748. The van der Waals surface area contributed by atoms with E-state index in [4.69, 9.17) is 5.11 Å². The molecule has 0 aliphatic rings. The van der Waals surface area contributed by atoms with Crippen molar-refractivity contribution in [2.45, 2.75) is 19.4 Å². The zero-order valence-corrected chi connectivity index (χ0v) is 11.8. The summed E-state index contributed by atoms with van der Waals surface area (Å²) >= 11 is 1.78. The molecule has 0 amide bonds. The van der Waals surface area contributed by atoms with Crippen LogP contribution >= 0.6 is 11.8 Å². The molecule has 0 aliphatic heterocycles. The van der Waals surface area contributed by atoms with E-state index >= 15 is 0 Å². The Morgan fingerprint density at radius 3 is 3.00 bits per heavy atom. The Labute approximate surface area is 117 Å². The summed E-state index contributed by atoms with van der Waals surface area (Å²) < 4.78 is 1.79. The fourth-order valence-electron chi connectivity index (χ4n) is 1.82. The van der Waals surface area contributed by atoms with Crippen LogP contribution in [0.5, 0.6) is 0 Å². The van der Waals surface area contributed by atoms with Gasteiger partial charge in [0.25, 0.3) is 0 Å². The molecule has 2 aromatic heterocycles. The van der Waals surface area contributed by atoms with Crippen LogP contribution < -0.4 is 0 Å². The highest BCUT2D eigenvalue weighted by Crippen LogP contribution is 2.08. The summed E-state index contributed by atoms with van der Waals surface area (Å²) in [4.78, 5) is 8.66. The lowest BCUT2D eigenvalue weighted by atomic mass is 10.2. The molecule has 0 bridgehead atoms. The fourth-order valence-corrected chi connectivity index (χ4v) is 2.20. The second kappa shape index (κ2) is 7.25. The number of aromatic nitrogens is 4. The number of rotatable bonds is 7. The van der Waals surface area contributed by atoms with E-state index in [1.54, 1.807) is 22.6 Å². The van der Waals surface area contributed by atoms with Crippen LogP contribution in [0.1, 0.15) is 17.2 Å². The molecule has 1 N–H and O–H groups in total. The maximum atomic E-state index is 9.09. The summed E-state index contributed by atoms with van der Waals surface area (Å²) in [7, 11) is 0. The number of aryl methyl sites for hydroxylation is 1. The van der Waals surface area contributed by atoms with E-state index in [0.717, 1.165) is 29.4 Å². The number of hydrogen-bond acceptors (Lipinski definition) is 5. The molecule has 0 aromatic carbocycles. The number of aliphatic hydroxyl groups excluding tert-OH is 1. The predicted molar refractivity (Wildman–Crippen MR) is 76.2 cm³/mol. The molecule has 2 rings (SSSR count). The monoisotopic (exact) mass is 278 g/mol. The van der Waals surface area contributed by atoms with E-state index in [0.29, 0.717) is 13.0 Å². The minimum Gasteiger partial charge on any atom is -0.394 e. The topological polar surface area (TPSA) is 63.8 Å². The van der Waals surface area contributed by atoms with Gasteiger partial charge in [-0.05, 0) is 17.9 Å². The smallest absolute Gasteiger partial charge is 0.151 e. The van der Waals surface area contributed by atoms with Gasteiger partial charge in [-0.1, -0.05) is 6.07 Å². The summed E-state index contributed by atoms with van der Waals surface area (Å²) in [6, 6.07) is 3.93. The molecule has 19 heavy (non-hydrogen) atoms. The van der Waals surface area contributed by atoms with E-state index in [9.17, 15) is 0 Å². The van der Waals surface area contributed by atoms with E-state index in [2.05, 4.69) is 21.3 Å². The molecule has 0 spiro atoms. The van der Waals surface area contributed by atoms with Gasteiger partial charge in [0.05, 0.1) is 13.2 Å². The quantitative estimate of drug-likeness (QED) is 0.823. The van der Waals surface area contributed by atoms with Gasteiger partial charge in [-0.25, -0.2) is 9.67 Å². The van der Waals surface area contributed by atoms with Gasteiger partial charge in [0.1, 0.15) is 5.82 Å². The van der Waals surface area contributed by atoms with Crippen molar-refractivity contribution in [2.75, 3.05) is 18.6 Å². The normalized spacial score (nSPS) is 10.8. The first kappa shape index (κ1) is 14.0. The van der Waals surface area contributed by atoms with Crippen molar-refractivity contribution in [1.29, 1.82) is 0 Å². The van der Waals surface area contributed by atoms with E-state index in [-0.39, 0.29) is 6.61 Å². The lowest BCUT2D eigenvalue weighted by molar-refractivity contribution is 0.267. The third-order valence-electron chi connectivity index (χ3n) is 2.72. The van der Waals surface area contributed by atoms with Crippen molar-refractivity contribution >= 4 is 11.8 Å². The van der Waals surface area contributed by atoms with Gasteiger partial charge in [-0.2, -0.15) is 16.9 Å². The highest BCUT2D eigenvalue weighted by atomic mass is 32.2. The van der Waals surface area contributed by atoms with E-state index in [1.165, 1.54) is 0 Å². The first-order valence-electron chi connectivity index (χ1n) is 6.24. The Morgan fingerprint density at radius 2 is 2.32 bits per heavy atom. The van der Waals surface area contributed by atoms with Crippen molar-refractivity contribution in [2.24, 2.45) is 0 Å². The molecule has 0 aliphatic carbocycles. The van der Waals surface area contributed by atoms with Crippen LogP contribution in [0.4, 0.5) is 0 Å². The van der Waals surface area contributed by atoms with Crippen LogP contribution in [-0.4, -0.2) is 43.5 Å². The van der Waals surface area contributed by atoms with Crippen LogP contribution in [0.2, 0.25) is 0 Å². The van der Waals surface area contributed by atoms with Crippen molar-refractivity contribution < 1.29 is 5.11 Å². The molecule has 0 saturated carbocycles. The van der Waals surface area contributed by atoms with Crippen LogP contribution in [0, 0.1) is 0 Å². The van der Waals surface area contributed by atoms with Gasteiger partial charge in [0.15, 0.2) is 5.82 Å². The first-order valence-corrected chi connectivity index (χ1v) is 7.64. The number of pyridine rings is 1. The molecule has 6 heteroatoms. The molecule has 0 radical (unpaired) electrons. The zero-order chi connectivity index (χ0) is 13.5. The molecule has 0 unspecified atom stereocenters. The van der Waals surface area contributed by atoms with Crippen molar-refractivity contribution in [3.8, 4) is 0 Å². The van der Waals surface area contributed by atoms with Gasteiger partial charge >= 0.3 is 0 Å². The van der Waals surface area contributed by atoms with Crippen LogP contribution in [-0.2, 0) is 19.4 Å². The largest absolute Gasteiger partial charge is 0.394 e. The Balaban J connectivity index is 2.15. The first-order chi connectivity index (χ1) is 9.33. The molecule has 2 heterocycles. The highest BCUT2D eigenvalue weighted by Gasteiger charge is 2.10. The lowest BCUT2D eigenvalue weighted by Gasteiger charge is -2.03. The van der Waals surface area contributed by atoms with Gasteiger partial charge in [0, 0.05) is 31.0 Å². The second-order valence-electron chi connectivity index (χ2n) is 4.17. The zero-order valence-electron chi connectivity index (χ0n) is 11.0. The number of hydrogen-bond donors (Lipinski definition) is 1. The molecule has 0 fully saturated rings. The Bertz CT molecular complexity index is 501. The van der Waals surface area contributed by atoms with Gasteiger partial charge in [-0.15, -0.1) is 0 Å². The maximum absolute atomic E-state index is 9.09. The summed E-state index contributed by atoms with van der Waals surface area (Å²) in [6.45, 7) is 0.563. The third kappa shape index (κ3) is 4.04. The fraction of sp³-hybridized carbons (Fsp3) is 0.462. The summed E-state index contributed by atoms with van der Waals surface area (Å²) in [5.74, 6) is 2.75. The number of thioether (sulfide) groups is 1. The van der Waals surface area contributed by atoms with E-state index < -0.39 is 0 Å². The average Bonchev–Trinajstić information content (AvgIpc) is 2.80. The van der Waals surface area contributed by atoms with Gasteiger partial charge in [-0.3, -0.25) is 4.98 Å². The molecule has 2 aromatic rings. The average molecular weight is 278 g/mol. The summed E-state index contributed by atoms with van der Waals surface area (Å²) in [5, 5.41) is 13.5. The van der Waals surface area contributed by atoms with Crippen LogP contribution in [0.15, 0.2) is 24.5 Å². The molecule has 5 nitrogen and oxygen atoms in total. The number of aliphatic hydroxyl groups is 1. The standard InChI is InChI=1S/C13H18N4OS/c1-19-8-4-12-15-13(17(16-12)6-7-18)9-11-3-2-5-14-10-11/h2-3,5,10,18H,4,6-9H2,1H3. The van der Waals surface area contributed by atoms with Crippen LogP contribution in [0.3, 0.4) is 0 Å². The Morgan fingerprint density at radius 1 is 1.42 bits per heavy atom. The number of nitrogens with zero attached hydrogens (tertiary/aromatic N) is 4. The van der Waals surface area contributed by atoms with Gasteiger partial charge in [0.2, 0.25) is 0 Å². The molecule has 0 saturated heterocycles. The lowest BCUT2D eigenvalue weighted by Crippen LogP contribution is -2.09. The minimum atomic E-state index is 0.0748. The molecular formula is C13H18N4OS. The Hall–Kier alpha value is -1.40. The van der Waals surface area contributed by atoms with Gasteiger partial charge < -0.3 is 5.11 Å². The second-order valence-corrected chi connectivity index (χ2v) is 5.16. The summed E-state index contributed by atoms with van der Waals surface area (Å²) in [6.07, 6.45) is 7.21. The predicted octanol–water partition coefficient (Wildman–Crippen LogP) is 1.16. The SMILES string of the molecule is CSCCc1nc(Cc2cccnc2)n(CCO)n1. The molecule has 0 atom stereocenters. The third-order valence-corrected chi connectivity index (χ3v) is 3.33. The molecule has 102 valence electrons. The van der Waals surface area contributed by atoms with Crippen molar-refractivity contribution in [3.05, 3.63) is 41.7 Å². The van der Waals surface area contributed by atoms with Crippen LogP contribution in [0.25, 0.3) is 0 Å². The van der Waals surface area contributed by atoms with Crippen molar-refractivity contribution in [1.82, 2.24) is 19.7 Å². The molecular weight excluding hydrogens is 260 g/mol. The summed E-state index contributed by atoms with van der Waals surface area (Å²) in [5.41, 5.74) is 1.10. The Kier molecular flexibility index (Phi) is 5.35.